The molecule has 0 spiro atoms. The highest BCUT2D eigenvalue weighted by molar-refractivity contribution is 5.68. The number of nitrogens with zero attached hydrogens (tertiary/aromatic N) is 3. The van der Waals surface area contributed by atoms with E-state index in [2.05, 4.69) is 16.9 Å². The molecule has 0 aromatic carbocycles. The maximum Gasteiger partial charge on any atom is 0.410 e. The molecular weight excluding hydrogens is 346 g/mol. The molecule has 7 nitrogen and oxygen atoms in total. The highest BCUT2D eigenvalue weighted by Gasteiger charge is 2.23. The third kappa shape index (κ3) is 5.09. The van der Waals surface area contributed by atoms with Gasteiger partial charge in [0, 0.05) is 12.6 Å². The van der Waals surface area contributed by atoms with Crippen molar-refractivity contribution in [1.29, 1.82) is 0 Å². The van der Waals surface area contributed by atoms with Crippen LogP contribution in [0.2, 0.25) is 0 Å². The molecule has 7 heteroatoms. The maximum atomic E-state index is 12.2. The summed E-state index contributed by atoms with van der Waals surface area (Å²) in [5.74, 6) is 1.23. The number of hydrogen-bond donors (Lipinski definition) is 0. The first-order valence-electron chi connectivity index (χ1n) is 9.21. The Kier molecular flexibility index (Phi) is 6.46. The first-order chi connectivity index (χ1) is 13.2. The first kappa shape index (κ1) is 18.9. The summed E-state index contributed by atoms with van der Waals surface area (Å²) in [4.78, 5) is 22.7. The Morgan fingerprint density at radius 1 is 1.26 bits per heavy atom. The van der Waals surface area contributed by atoms with Crippen molar-refractivity contribution in [2.24, 2.45) is 0 Å². The number of carbonyl (C=O) groups excluding carboxylic acids is 1. The fourth-order valence-corrected chi connectivity index (χ4v) is 2.79. The van der Waals surface area contributed by atoms with E-state index in [0.29, 0.717) is 37.9 Å². The Labute approximate surface area is 159 Å². The van der Waals surface area contributed by atoms with Crippen LogP contribution < -0.4 is 9.47 Å². The Hall–Kier alpha value is -2.83. The summed E-state index contributed by atoms with van der Waals surface area (Å²) in [6, 6.07) is 7.57. The van der Waals surface area contributed by atoms with E-state index in [0.717, 1.165) is 36.2 Å². The molecule has 1 aliphatic heterocycles. The molecule has 27 heavy (non-hydrogen) atoms. The number of unbranched alkanes of at least 4 members (excludes halogenated alkanes) is 1. The van der Waals surface area contributed by atoms with E-state index in [1.165, 1.54) is 0 Å². The molecule has 0 radical (unpaired) electrons. The van der Waals surface area contributed by atoms with Gasteiger partial charge in [0.2, 0.25) is 5.88 Å². The van der Waals surface area contributed by atoms with E-state index in [9.17, 15) is 4.79 Å². The lowest BCUT2D eigenvalue weighted by Gasteiger charge is -2.27. The average molecular weight is 371 g/mol. The van der Waals surface area contributed by atoms with E-state index in [4.69, 9.17) is 14.2 Å². The van der Waals surface area contributed by atoms with Gasteiger partial charge in [-0.05, 0) is 30.5 Å². The standard InChI is InChI=1S/C20H25N3O4/c1-3-4-11-26-20(24)23-10-9-15-5-8-19(22-18(15)13-23)27-14-16-6-7-17(25-2)12-21-16/h5-8,12H,3-4,9-11,13-14H2,1-2H3. The maximum absolute atomic E-state index is 12.2. The molecule has 2 aromatic rings. The fourth-order valence-electron chi connectivity index (χ4n) is 2.79. The number of ether oxygens (including phenoxy) is 3. The molecule has 1 amide bonds. The highest BCUT2D eigenvalue weighted by Crippen LogP contribution is 2.21. The molecule has 0 aliphatic carbocycles. The van der Waals surface area contributed by atoms with Crippen LogP contribution in [0.4, 0.5) is 4.79 Å². The van der Waals surface area contributed by atoms with Gasteiger partial charge < -0.3 is 19.1 Å². The average Bonchev–Trinajstić information content (AvgIpc) is 2.72. The van der Waals surface area contributed by atoms with Gasteiger partial charge >= 0.3 is 6.09 Å². The number of carbonyl (C=O) groups is 1. The van der Waals surface area contributed by atoms with Crippen molar-refractivity contribution in [3.8, 4) is 11.6 Å². The Morgan fingerprint density at radius 2 is 2.15 bits per heavy atom. The quantitative estimate of drug-likeness (QED) is 0.695. The minimum absolute atomic E-state index is 0.273. The molecule has 3 rings (SSSR count). The van der Waals surface area contributed by atoms with E-state index >= 15 is 0 Å². The van der Waals surface area contributed by atoms with Crippen LogP contribution in [0.15, 0.2) is 30.5 Å². The molecular formula is C20H25N3O4. The molecule has 0 atom stereocenters. The van der Waals surface area contributed by atoms with E-state index in [-0.39, 0.29) is 6.09 Å². The summed E-state index contributed by atoms with van der Waals surface area (Å²) >= 11 is 0. The van der Waals surface area contributed by atoms with Gasteiger partial charge in [0.25, 0.3) is 0 Å². The van der Waals surface area contributed by atoms with E-state index < -0.39 is 0 Å². The number of fused-ring (bicyclic) bond motifs is 1. The molecule has 0 saturated carbocycles. The van der Waals surface area contributed by atoms with E-state index in [1.54, 1.807) is 18.2 Å². The van der Waals surface area contributed by atoms with Crippen LogP contribution in [0.3, 0.4) is 0 Å². The fraction of sp³-hybridized carbons (Fsp3) is 0.450. The van der Waals surface area contributed by atoms with Crippen molar-refractivity contribution < 1.29 is 19.0 Å². The SMILES string of the molecule is CCCCOC(=O)N1CCc2ccc(OCc3ccc(OC)cn3)nc2C1. The third-order valence-electron chi connectivity index (χ3n) is 4.42. The zero-order valence-corrected chi connectivity index (χ0v) is 15.8. The van der Waals surface area contributed by atoms with Crippen LogP contribution in [0.1, 0.15) is 36.7 Å². The Balaban J connectivity index is 1.58. The van der Waals surface area contributed by atoms with Gasteiger partial charge in [-0.1, -0.05) is 19.4 Å². The highest BCUT2D eigenvalue weighted by atomic mass is 16.6. The third-order valence-corrected chi connectivity index (χ3v) is 4.42. The van der Waals surface area contributed by atoms with Gasteiger partial charge in [0.1, 0.15) is 12.4 Å². The van der Waals surface area contributed by atoms with Gasteiger partial charge in [0.15, 0.2) is 0 Å². The number of amides is 1. The molecule has 0 bridgehead atoms. The van der Waals surface area contributed by atoms with Gasteiger partial charge in [-0.15, -0.1) is 0 Å². The Bertz CT molecular complexity index is 764. The first-order valence-corrected chi connectivity index (χ1v) is 9.21. The van der Waals surface area contributed by atoms with Crippen molar-refractivity contribution in [2.45, 2.75) is 39.3 Å². The van der Waals surface area contributed by atoms with Gasteiger partial charge in [-0.2, -0.15) is 0 Å². The summed E-state index contributed by atoms with van der Waals surface area (Å²) in [5.41, 5.74) is 2.79. The van der Waals surface area contributed by atoms with Crippen LogP contribution in [-0.2, 0) is 24.3 Å². The second kappa shape index (κ2) is 9.21. The van der Waals surface area contributed by atoms with Crippen LogP contribution >= 0.6 is 0 Å². The summed E-state index contributed by atoms with van der Waals surface area (Å²) in [5, 5.41) is 0. The topological polar surface area (TPSA) is 73.8 Å². The monoisotopic (exact) mass is 371 g/mol. The minimum atomic E-state index is -0.273. The zero-order chi connectivity index (χ0) is 19.1. The zero-order valence-electron chi connectivity index (χ0n) is 15.8. The van der Waals surface area contributed by atoms with Crippen molar-refractivity contribution in [1.82, 2.24) is 14.9 Å². The largest absolute Gasteiger partial charge is 0.495 e. The van der Waals surface area contributed by atoms with Crippen molar-refractivity contribution in [2.75, 3.05) is 20.3 Å². The van der Waals surface area contributed by atoms with Crippen LogP contribution in [0.25, 0.3) is 0 Å². The van der Waals surface area contributed by atoms with Crippen LogP contribution in [-0.4, -0.2) is 41.2 Å². The molecule has 1 aliphatic rings. The lowest BCUT2D eigenvalue weighted by molar-refractivity contribution is 0.0958. The predicted molar refractivity (Wildman–Crippen MR) is 99.7 cm³/mol. The summed E-state index contributed by atoms with van der Waals surface area (Å²) < 4.78 is 16.2. The lowest BCUT2D eigenvalue weighted by Crippen LogP contribution is -2.37. The van der Waals surface area contributed by atoms with Crippen LogP contribution in [0.5, 0.6) is 11.6 Å². The van der Waals surface area contributed by atoms with Gasteiger partial charge in [-0.3, -0.25) is 4.98 Å². The number of aromatic nitrogens is 2. The number of methoxy groups -OCH3 is 1. The van der Waals surface area contributed by atoms with E-state index in [1.807, 2.05) is 24.3 Å². The number of hydrogen-bond acceptors (Lipinski definition) is 6. The molecule has 0 fully saturated rings. The number of pyridine rings is 2. The molecule has 0 saturated heterocycles. The van der Waals surface area contributed by atoms with Gasteiger partial charge in [-0.25, -0.2) is 9.78 Å². The summed E-state index contributed by atoms with van der Waals surface area (Å²) in [6.45, 7) is 3.94. The summed E-state index contributed by atoms with van der Waals surface area (Å²) in [7, 11) is 1.60. The predicted octanol–water partition coefficient (Wildman–Crippen LogP) is 3.36. The normalized spacial score (nSPS) is 13.0. The lowest BCUT2D eigenvalue weighted by atomic mass is 10.1. The molecule has 144 valence electrons. The molecule has 3 heterocycles. The molecule has 0 N–H and O–H groups in total. The van der Waals surface area contributed by atoms with Gasteiger partial charge in [0.05, 0.1) is 37.8 Å². The van der Waals surface area contributed by atoms with Crippen molar-refractivity contribution in [3.05, 3.63) is 47.4 Å². The second-order valence-electron chi connectivity index (χ2n) is 6.37. The molecule has 2 aromatic heterocycles. The molecule has 0 unspecified atom stereocenters. The number of rotatable bonds is 7. The Morgan fingerprint density at radius 3 is 2.89 bits per heavy atom. The second-order valence-corrected chi connectivity index (χ2v) is 6.37. The smallest absolute Gasteiger partial charge is 0.410 e. The van der Waals surface area contributed by atoms with Crippen molar-refractivity contribution >= 4 is 6.09 Å². The minimum Gasteiger partial charge on any atom is -0.495 e. The summed E-state index contributed by atoms with van der Waals surface area (Å²) in [6.07, 6.45) is 4.03. The van der Waals surface area contributed by atoms with Crippen molar-refractivity contribution in [3.63, 3.8) is 0 Å². The van der Waals surface area contributed by atoms with Crippen LogP contribution in [0, 0.1) is 0 Å².